The van der Waals surface area contributed by atoms with E-state index in [4.69, 9.17) is 10.5 Å². The fraction of sp³-hybridized carbons (Fsp3) is 0.316. The normalized spacial score (nSPS) is 11.4. The average molecular weight is 349 g/mol. The second-order valence-electron chi connectivity index (χ2n) is 5.32. The Morgan fingerprint density at radius 1 is 1.08 bits per heavy atom. The molecular weight excluding hydrogens is 324 g/mol. The van der Waals surface area contributed by atoms with Crippen LogP contribution in [0.4, 0.5) is 0 Å². The smallest absolute Gasteiger partial charge is 0.229 e. The molecule has 4 nitrogen and oxygen atoms in total. The first-order chi connectivity index (χ1) is 11.3. The van der Waals surface area contributed by atoms with Crippen molar-refractivity contribution in [2.24, 2.45) is 5.73 Å². The first-order valence-corrected chi connectivity index (χ1v) is 7.93. The topological polar surface area (TPSA) is 64.3 Å². The SMILES string of the molecule is CCOCc1ccccc1CNC(=O)C(CN)c1ccccc1.Cl. The van der Waals surface area contributed by atoms with Gasteiger partial charge in [0.15, 0.2) is 0 Å². The number of rotatable bonds is 8. The predicted octanol–water partition coefficient (Wildman–Crippen LogP) is 3.00. The quantitative estimate of drug-likeness (QED) is 0.770. The van der Waals surface area contributed by atoms with Crippen LogP contribution >= 0.6 is 12.4 Å². The van der Waals surface area contributed by atoms with Gasteiger partial charge in [-0.25, -0.2) is 0 Å². The minimum atomic E-state index is -0.324. The van der Waals surface area contributed by atoms with Crippen molar-refractivity contribution in [1.29, 1.82) is 0 Å². The molecule has 0 aliphatic heterocycles. The highest BCUT2D eigenvalue weighted by molar-refractivity contribution is 5.85. The minimum absolute atomic E-state index is 0. The summed E-state index contributed by atoms with van der Waals surface area (Å²) in [4.78, 5) is 12.5. The molecule has 0 aromatic heterocycles. The van der Waals surface area contributed by atoms with E-state index < -0.39 is 0 Å². The number of carbonyl (C=O) groups excluding carboxylic acids is 1. The molecule has 3 N–H and O–H groups in total. The van der Waals surface area contributed by atoms with E-state index in [2.05, 4.69) is 5.32 Å². The molecule has 2 aromatic rings. The summed E-state index contributed by atoms with van der Waals surface area (Å²) in [6.45, 7) is 3.96. The number of carbonyl (C=O) groups is 1. The zero-order valence-corrected chi connectivity index (χ0v) is 14.7. The van der Waals surface area contributed by atoms with Gasteiger partial charge in [0.05, 0.1) is 12.5 Å². The van der Waals surface area contributed by atoms with Crippen LogP contribution in [-0.4, -0.2) is 19.1 Å². The van der Waals surface area contributed by atoms with Crippen molar-refractivity contribution in [3.05, 3.63) is 71.3 Å². The summed E-state index contributed by atoms with van der Waals surface area (Å²) in [5, 5.41) is 2.99. The summed E-state index contributed by atoms with van der Waals surface area (Å²) >= 11 is 0. The molecule has 0 spiro atoms. The first kappa shape index (κ1) is 20.2. The molecule has 1 amide bonds. The van der Waals surface area contributed by atoms with Gasteiger partial charge < -0.3 is 15.8 Å². The van der Waals surface area contributed by atoms with Crippen molar-refractivity contribution in [2.75, 3.05) is 13.2 Å². The Kier molecular flexibility index (Phi) is 9.08. The van der Waals surface area contributed by atoms with Crippen LogP contribution in [0.15, 0.2) is 54.6 Å². The number of nitrogens with two attached hydrogens (primary N) is 1. The third-order valence-corrected chi connectivity index (χ3v) is 3.79. The lowest BCUT2D eigenvalue weighted by Gasteiger charge is -2.16. The number of halogens is 1. The monoisotopic (exact) mass is 348 g/mol. The first-order valence-electron chi connectivity index (χ1n) is 7.93. The second-order valence-corrected chi connectivity index (χ2v) is 5.32. The van der Waals surface area contributed by atoms with Crippen molar-refractivity contribution < 1.29 is 9.53 Å². The highest BCUT2D eigenvalue weighted by Crippen LogP contribution is 2.15. The Bertz CT molecular complexity index is 620. The van der Waals surface area contributed by atoms with E-state index in [-0.39, 0.29) is 30.8 Å². The van der Waals surface area contributed by atoms with E-state index in [1.807, 2.05) is 61.5 Å². The summed E-state index contributed by atoms with van der Waals surface area (Å²) in [7, 11) is 0. The predicted molar refractivity (Wildman–Crippen MR) is 99.1 cm³/mol. The van der Waals surface area contributed by atoms with Crippen LogP contribution in [-0.2, 0) is 22.7 Å². The maximum atomic E-state index is 12.5. The molecular formula is C19H25ClN2O2. The molecule has 0 saturated carbocycles. The second kappa shape index (κ2) is 10.8. The molecule has 1 atom stereocenters. The van der Waals surface area contributed by atoms with Gasteiger partial charge in [-0.2, -0.15) is 0 Å². The van der Waals surface area contributed by atoms with Gasteiger partial charge in [-0.3, -0.25) is 4.79 Å². The highest BCUT2D eigenvalue weighted by Gasteiger charge is 2.18. The van der Waals surface area contributed by atoms with Crippen molar-refractivity contribution in [2.45, 2.75) is 26.0 Å². The lowest BCUT2D eigenvalue weighted by Crippen LogP contribution is -2.33. The molecule has 2 aromatic carbocycles. The molecule has 0 bridgehead atoms. The standard InChI is InChI=1S/C19H24N2O2.ClH/c1-2-23-14-17-11-7-6-10-16(17)13-21-19(22)18(12-20)15-8-4-3-5-9-15;/h3-11,18H,2,12-14,20H2,1H3,(H,21,22);1H. The maximum Gasteiger partial charge on any atom is 0.229 e. The summed E-state index contributed by atoms with van der Waals surface area (Å²) in [5.41, 5.74) is 8.89. The average Bonchev–Trinajstić information content (AvgIpc) is 2.60. The maximum absolute atomic E-state index is 12.5. The number of hydrogen-bond acceptors (Lipinski definition) is 3. The Morgan fingerprint density at radius 2 is 1.71 bits per heavy atom. The Hall–Kier alpha value is -1.88. The van der Waals surface area contributed by atoms with Gasteiger partial charge in [0.25, 0.3) is 0 Å². The number of amides is 1. The largest absolute Gasteiger partial charge is 0.377 e. The zero-order chi connectivity index (χ0) is 16.5. The Labute approximate surface area is 149 Å². The summed E-state index contributed by atoms with van der Waals surface area (Å²) in [6, 6.07) is 17.6. The number of hydrogen-bond donors (Lipinski definition) is 2. The van der Waals surface area contributed by atoms with E-state index in [1.54, 1.807) is 0 Å². The molecule has 24 heavy (non-hydrogen) atoms. The summed E-state index contributed by atoms with van der Waals surface area (Å²) < 4.78 is 5.47. The minimum Gasteiger partial charge on any atom is -0.377 e. The fourth-order valence-electron chi connectivity index (χ4n) is 2.47. The third kappa shape index (κ3) is 5.64. The van der Waals surface area contributed by atoms with Crippen LogP contribution in [0, 0.1) is 0 Å². The van der Waals surface area contributed by atoms with Crippen molar-refractivity contribution in [1.82, 2.24) is 5.32 Å². The van der Waals surface area contributed by atoms with Crippen LogP contribution in [0.25, 0.3) is 0 Å². The van der Waals surface area contributed by atoms with Gasteiger partial charge in [-0.05, 0) is 23.6 Å². The van der Waals surface area contributed by atoms with E-state index >= 15 is 0 Å². The number of ether oxygens (including phenoxy) is 1. The molecule has 5 heteroatoms. The van der Waals surface area contributed by atoms with Crippen molar-refractivity contribution in [3.8, 4) is 0 Å². The van der Waals surface area contributed by atoms with Crippen LogP contribution in [0.2, 0.25) is 0 Å². The van der Waals surface area contributed by atoms with Crippen molar-refractivity contribution >= 4 is 18.3 Å². The zero-order valence-electron chi connectivity index (χ0n) is 13.9. The molecule has 0 radical (unpaired) electrons. The van der Waals surface area contributed by atoms with E-state index in [9.17, 15) is 4.79 Å². The Morgan fingerprint density at radius 3 is 2.33 bits per heavy atom. The molecule has 0 aliphatic rings. The van der Waals surface area contributed by atoms with Gasteiger partial charge >= 0.3 is 0 Å². The molecule has 0 saturated heterocycles. The van der Waals surface area contributed by atoms with Crippen LogP contribution in [0.1, 0.15) is 29.5 Å². The number of nitrogens with one attached hydrogen (secondary N) is 1. The Balaban J connectivity index is 0.00000288. The molecule has 1 unspecified atom stereocenters. The van der Waals surface area contributed by atoms with Crippen LogP contribution in [0.5, 0.6) is 0 Å². The van der Waals surface area contributed by atoms with E-state index in [0.717, 1.165) is 16.7 Å². The van der Waals surface area contributed by atoms with E-state index in [0.29, 0.717) is 19.8 Å². The van der Waals surface area contributed by atoms with Crippen LogP contribution in [0.3, 0.4) is 0 Å². The summed E-state index contributed by atoms with van der Waals surface area (Å²) in [6.07, 6.45) is 0. The van der Waals surface area contributed by atoms with Crippen molar-refractivity contribution in [3.63, 3.8) is 0 Å². The lowest BCUT2D eigenvalue weighted by atomic mass is 9.98. The van der Waals surface area contributed by atoms with Gasteiger partial charge in [0.2, 0.25) is 5.91 Å². The van der Waals surface area contributed by atoms with Gasteiger partial charge in [-0.15, -0.1) is 12.4 Å². The fourth-order valence-corrected chi connectivity index (χ4v) is 2.47. The molecule has 0 heterocycles. The van der Waals surface area contributed by atoms with E-state index in [1.165, 1.54) is 0 Å². The molecule has 130 valence electrons. The molecule has 2 rings (SSSR count). The molecule has 0 aliphatic carbocycles. The summed E-state index contributed by atoms with van der Waals surface area (Å²) in [5.74, 6) is -0.375. The van der Waals surface area contributed by atoms with Gasteiger partial charge in [-0.1, -0.05) is 54.6 Å². The van der Waals surface area contributed by atoms with Gasteiger partial charge in [0, 0.05) is 19.7 Å². The lowest BCUT2D eigenvalue weighted by molar-refractivity contribution is -0.122. The highest BCUT2D eigenvalue weighted by atomic mass is 35.5. The van der Waals surface area contributed by atoms with Gasteiger partial charge in [0.1, 0.15) is 0 Å². The third-order valence-electron chi connectivity index (χ3n) is 3.79. The number of benzene rings is 2. The molecule has 0 fully saturated rings. The van der Waals surface area contributed by atoms with Crippen LogP contribution < -0.4 is 11.1 Å².